The standard InChI is InChI=1S/C32H24N6O9S3.3Na/c33-28-14-5-20-15-24(48(39,40)41)10-12-26(20)31(28)37-35-22-6-1-18(2-7-22)19-3-8-23(9-4-19)36-38-32-27-13-11-25(49(42,43)44)16-21(27)17-29(30(32)34)50(45,46)47;;;/h1-17H,33-34H2,(H,39,40,41)(H,42,43,44)(H,45,46,47);;;/q;3*+1/p-3. The first-order valence-corrected chi connectivity index (χ1v) is 18.3. The predicted octanol–water partition coefficient (Wildman–Crippen LogP) is -2.62. The monoisotopic (exact) mass is 798 g/mol. The zero-order valence-electron chi connectivity index (χ0n) is 28.2. The van der Waals surface area contributed by atoms with Gasteiger partial charge in [-0.1, -0.05) is 42.5 Å². The van der Waals surface area contributed by atoms with E-state index in [4.69, 9.17) is 11.5 Å². The van der Waals surface area contributed by atoms with Gasteiger partial charge in [-0.15, -0.1) is 10.2 Å². The normalized spacial score (nSPS) is 12.1. The zero-order valence-corrected chi connectivity index (χ0v) is 36.6. The van der Waals surface area contributed by atoms with Crippen LogP contribution in [0.15, 0.2) is 138 Å². The van der Waals surface area contributed by atoms with Crippen molar-refractivity contribution in [2.24, 2.45) is 20.5 Å². The molecule has 6 rings (SSSR count). The summed E-state index contributed by atoms with van der Waals surface area (Å²) < 4.78 is 104. The van der Waals surface area contributed by atoms with Crippen molar-refractivity contribution in [2.75, 3.05) is 11.5 Å². The van der Waals surface area contributed by atoms with E-state index in [1.165, 1.54) is 30.3 Å². The van der Waals surface area contributed by atoms with Gasteiger partial charge in [0.25, 0.3) is 0 Å². The minimum absolute atomic E-state index is 0. The summed E-state index contributed by atoms with van der Waals surface area (Å²) >= 11 is 0. The molecule has 6 aromatic carbocycles. The number of anilines is 2. The molecule has 0 aliphatic rings. The van der Waals surface area contributed by atoms with Crippen molar-refractivity contribution >= 4 is 86.0 Å². The van der Waals surface area contributed by atoms with Gasteiger partial charge in [-0.25, -0.2) is 25.3 Å². The van der Waals surface area contributed by atoms with Gasteiger partial charge in [-0.05, 0) is 82.6 Å². The molecule has 254 valence electrons. The molecule has 0 unspecified atom stereocenters. The fourth-order valence-corrected chi connectivity index (χ4v) is 6.71. The van der Waals surface area contributed by atoms with Crippen LogP contribution in [0.3, 0.4) is 0 Å². The first-order valence-electron chi connectivity index (χ1n) is 14.1. The van der Waals surface area contributed by atoms with Crippen molar-refractivity contribution in [3.63, 3.8) is 0 Å². The molecule has 21 heteroatoms. The molecular weight excluding hydrogens is 778 g/mol. The van der Waals surface area contributed by atoms with E-state index in [2.05, 4.69) is 20.5 Å². The Bertz CT molecular complexity index is 2750. The molecule has 0 heterocycles. The van der Waals surface area contributed by atoms with E-state index in [1.807, 2.05) is 0 Å². The van der Waals surface area contributed by atoms with Crippen LogP contribution < -0.4 is 100 Å². The molecule has 0 bridgehead atoms. The van der Waals surface area contributed by atoms with Gasteiger partial charge in [-0.3, -0.25) is 0 Å². The van der Waals surface area contributed by atoms with Gasteiger partial charge >= 0.3 is 88.7 Å². The van der Waals surface area contributed by atoms with E-state index in [9.17, 15) is 38.9 Å². The fraction of sp³-hybridized carbons (Fsp3) is 0. The Balaban J connectivity index is 0.00000252. The van der Waals surface area contributed by atoms with Crippen molar-refractivity contribution in [2.45, 2.75) is 14.7 Å². The minimum atomic E-state index is -5.10. The van der Waals surface area contributed by atoms with Gasteiger partial charge in [0.1, 0.15) is 41.7 Å². The van der Waals surface area contributed by atoms with Crippen molar-refractivity contribution in [3.05, 3.63) is 103 Å². The molecule has 15 nitrogen and oxygen atoms in total. The third-order valence-corrected chi connectivity index (χ3v) is 10.1. The van der Waals surface area contributed by atoms with Crippen molar-refractivity contribution < 1.29 is 128 Å². The summed E-state index contributed by atoms with van der Waals surface area (Å²) in [6.07, 6.45) is 0. The van der Waals surface area contributed by atoms with E-state index in [0.29, 0.717) is 33.5 Å². The molecule has 0 aliphatic heterocycles. The van der Waals surface area contributed by atoms with Gasteiger partial charge in [0.2, 0.25) is 0 Å². The number of fused-ring (bicyclic) bond motifs is 2. The van der Waals surface area contributed by atoms with E-state index >= 15 is 0 Å². The molecule has 0 saturated heterocycles. The van der Waals surface area contributed by atoms with E-state index < -0.39 is 45.8 Å². The second-order valence-electron chi connectivity index (χ2n) is 10.8. The number of hydrogen-bond acceptors (Lipinski definition) is 15. The Kier molecular flexibility index (Phi) is 14.7. The minimum Gasteiger partial charge on any atom is -0.744 e. The number of hydrogen-bond donors (Lipinski definition) is 2. The quantitative estimate of drug-likeness (QED) is 0.0696. The molecule has 0 saturated carbocycles. The van der Waals surface area contributed by atoms with Crippen LogP contribution in [-0.2, 0) is 30.4 Å². The molecule has 0 spiro atoms. The van der Waals surface area contributed by atoms with Gasteiger partial charge < -0.3 is 25.1 Å². The van der Waals surface area contributed by atoms with Crippen LogP contribution in [-0.4, -0.2) is 38.9 Å². The Morgan fingerprint density at radius 3 is 1.34 bits per heavy atom. The van der Waals surface area contributed by atoms with Gasteiger partial charge in [-0.2, -0.15) is 10.2 Å². The smallest absolute Gasteiger partial charge is 0.744 e. The molecule has 6 aromatic rings. The fourth-order valence-electron chi connectivity index (χ4n) is 5.06. The van der Waals surface area contributed by atoms with Crippen LogP contribution in [0.25, 0.3) is 32.7 Å². The summed E-state index contributed by atoms with van der Waals surface area (Å²) in [7, 11) is -14.6. The maximum absolute atomic E-state index is 11.9. The SMILES string of the molecule is Nc1ccc2cc(S(=O)(=O)[O-])ccc2c1N=Nc1ccc(-c2ccc(N=Nc3c(N)c(S(=O)(=O)[O-])cc4cc(S(=O)(=O)[O-])ccc34)cc2)cc1.[Na+].[Na+].[Na+]. The van der Waals surface area contributed by atoms with Crippen LogP contribution >= 0.6 is 0 Å². The molecule has 0 radical (unpaired) electrons. The van der Waals surface area contributed by atoms with Crippen molar-refractivity contribution in [3.8, 4) is 11.1 Å². The number of azo groups is 2. The maximum atomic E-state index is 11.9. The summed E-state index contributed by atoms with van der Waals surface area (Å²) in [5.41, 5.74) is 14.4. The van der Waals surface area contributed by atoms with Gasteiger partial charge in [0, 0.05) is 10.8 Å². The van der Waals surface area contributed by atoms with E-state index in [0.717, 1.165) is 29.3 Å². The predicted molar refractivity (Wildman–Crippen MR) is 181 cm³/mol. The Labute approximate surface area is 370 Å². The molecule has 4 N–H and O–H groups in total. The van der Waals surface area contributed by atoms with Crippen LogP contribution in [0, 0.1) is 0 Å². The summed E-state index contributed by atoms with van der Waals surface area (Å²) in [5, 5.41) is 17.8. The summed E-state index contributed by atoms with van der Waals surface area (Å²) in [4.78, 5) is -1.85. The topological polar surface area (TPSA) is 273 Å². The molecule has 0 aliphatic carbocycles. The van der Waals surface area contributed by atoms with E-state index in [-0.39, 0.29) is 110 Å². The van der Waals surface area contributed by atoms with E-state index in [1.54, 1.807) is 54.6 Å². The third kappa shape index (κ3) is 10.2. The van der Waals surface area contributed by atoms with Crippen molar-refractivity contribution in [1.82, 2.24) is 0 Å². The molecule has 0 amide bonds. The zero-order chi connectivity index (χ0) is 36.0. The average Bonchev–Trinajstić information content (AvgIpc) is 3.06. The van der Waals surface area contributed by atoms with Crippen molar-refractivity contribution in [1.29, 1.82) is 0 Å². The van der Waals surface area contributed by atoms with Gasteiger partial charge in [0.05, 0.1) is 37.4 Å². The number of nitrogens with zero attached hydrogens (tertiary/aromatic N) is 4. The maximum Gasteiger partial charge on any atom is 1.00 e. The Morgan fingerprint density at radius 1 is 0.453 bits per heavy atom. The second-order valence-corrected chi connectivity index (χ2v) is 14.9. The van der Waals surface area contributed by atoms with Crippen LogP contribution in [0.5, 0.6) is 0 Å². The third-order valence-electron chi connectivity index (χ3n) is 7.52. The van der Waals surface area contributed by atoms with Crippen LogP contribution in [0.2, 0.25) is 0 Å². The number of nitrogens with two attached hydrogens (primary N) is 2. The molecule has 0 atom stereocenters. The summed E-state index contributed by atoms with van der Waals surface area (Å²) in [6, 6.07) is 24.8. The molecule has 53 heavy (non-hydrogen) atoms. The first kappa shape index (κ1) is 44.8. The second kappa shape index (κ2) is 17.4. The number of nitrogen functional groups attached to an aromatic ring is 2. The first-order chi connectivity index (χ1) is 23.5. The summed E-state index contributed by atoms with van der Waals surface area (Å²) in [5.74, 6) is 0. The Morgan fingerprint density at radius 2 is 0.887 bits per heavy atom. The van der Waals surface area contributed by atoms with Crippen LogP contribution in [0.4, 0.5) is 34.1 Å². The molecule has 0 fully saturated rings. The largest absolute Gasteiger partial charge is 1.00 e. The average molecular weight is 799 g/mol. The Hall–Kier alpha value is -2.63. The van der Waals surface area contributed by atoms with Crippen LogP contribution in [0.1, 0.15) is 0 Å². The number of benzene rings is 6. The molecular formula is C32H21N6Na3O9S3. The number of rotatable bonds is 8. The summed E-state index contributed by atoms with van der Waals surface area (Å²) in [6.45, 7) is 0. The molecule has 0 aromatic heterocycles. The van der Waals surface area contributed by atoms with Gasteiger partial charge in [0.15, 0.2) is 0 Å².